The first-order valence-corrected chi connectivity index (χ1v) is 6.90. The SMILES string of the molecule is Cc1ccc(CNCCNc2ccc([N+](=O)[O-])cc2)cc1. The summed E-state index contributed by atoms with van der Waals surface area (Å²) in [5, 5.41) is 17.1. The third-order valence-corrected chi connectivity index (χ3v) is 3.16. The van der Waals surface area contributed by atoms with Crippen LogP contribution in [0, 0.1) is 17.0 Å². The molecule has 0 unspecified atom stereocenters. The molecule has 110 valence electrons. The molecular weight excluding hydrogens is 266 g/mol. The molecule has 0 saturated heterocycles. The van der Waals surface area contributed by atoms with E-state index in [-0.39, 0.29) is 5.69 Å². The zero-order chi connectivity index (χ0) is 15.1. The maximum atomic E-state index is 10.5. The van der Waals surface area contributed by atoms with E-state index in [4.69, 9.17) is 0 Å². The van der Waals surface area contributed by atoms with Crippen LogP contribution in [0.15, 0.2) is 48.5 Å². The van der Waals surface area contributed by atoms with Gasteiger partial charge in [-0.05, 0) is 24.6 Å². The van der Waals surface area contributed by atoms with Gasteiger partial charge in [-0.3, -0.25) is 10.1 Å². The normalized spacial score (nSPS) is 10.3. The summed E-state index contributed by atoms with van der Waals surface area (Å²) in [7, 11) is 0. The second kappa shape index (κ2) is 7.40. The maximum Gasteiger partial charge on any atom is 0.269 e. The smallest absolute Gasteiger partial charge is 0.269 e. The molecule has 2 N–H and O–H groups in total. The number of benzene rings is 2. The van der Waals surface area contributed by atoms with Crippen molar-refractivity contribution in [2.75, 3.05) is 18.4 Å². The lowest BCUT2D eigenvalue weighted by molar-refractivity contribution is -0.384. The lowest BCUT2D eigenvalue weighted by atomic mass is 10.1. The molecule has 0 amide bonds. The number of anilines is 1. The first-order valence-electron chi connectivity index (χ1n) is 6.90. The Kier molecular flexibility index (Phi) is 5.29. The van der Waals surface area contributed by atoms with E-state index in [1.54, 1.807) is 12.1 Å². The highest BCUT2D eigenvalue weighted by molar-refractivity contribution is 5.48. The fourth-order valence-corrected chi connectivity index (χ4v) is 1.93. The maximum absolute atomic E-state index is 10.5. The van der Waals surface area contributed by atoms with Gasteiger partial charge in [-0.1, -0.05) is 29.8 Å². The van der Waals surface area contributed by atoms with Crippen LogP contribution < -0.4 is 10.6 Å². The zero-order valence-corrected chi connectivity index (χ0v) is 12.0. The third kappa shape index (κ3) is 4.89. The van der Waals surface area contributed by atoms with Crippen molar-refractivity contribution in [1.82, 2.24) is 5.32 Å². The largest absolute Gasteiger partial charge is 0.384 e. The Labute approximate surface area is 124 Å². The van der Waals surface area contributed by atoms with Gasteiger partial charge < -0.3 is 10.6 Å². The molecule has 0 aliphatic heterocycles. The Morgan fingerprint density at radius 3 is 2.29 bits per heavy atom. The molecule has 0 aromatic heterocycles. The van der Waals surface area contributed by atoms with Crippen molar-refractivity contribution < 1.29 is 4.92 Å². The summed E-state index contributed by atoms with van der Waals surface area (Å²) in [5.74, 6) is 0. The summed E-state index contributed by atoms with van der Waals surface area (Å²) in [6.07, 6.45) is 0. The number of nitro groups is 1. The summed E-state index contributed by atoms with van der Waals surface area (Å²) in [4.78, 5) is 10.1. The first kappa shape index (κ1) is 15.0. The molecule has 2 aromatic carbocycles. The molecule has 0 atom stereocenters. The molecule has 0 aliphatic carbocycles. The Balaban J connectivity index is 1.67. The summed E-state index contributed by atoms with van der Waals surface area (Å²) >= 11 is 0. The number of rotatable bonds is 7. The molecule has 5 nitrogen and oxygen atoms in total. The lowest BCUT2D eigenvalue weighted by Gasteiger charge is -2.08. The standard InChI is InChI=1S/C16H19N3O2/c1-13-2-4-14(5-3-13)12-17-10-11-18-15-6-8-16(9-7-15)19(20)21/h2-9,17-18H,10-12H2,1H3. The minimum absolute atomic E-state index is 0.109. The molecule has 2 rings (SSSR count). The highest BCUT2D eigenvalue weighted by atomic mass is 16.6. The summed E-state index contributed by atoms with van der Waals surface area (Å²) in [6, 6.07) is 14.9. The summed E-state index contributed by atoms with van der Waals surface area (Å²) in [5.41, 5.74) is 3.52. The number of hydrogen-bond acceptors (Lipinski definition) is 4. The molecule has 21 heavy (non-hydrogen) atoms. The predicted molar refractivity (Wildman–Crippen MR) is 84.5 cm³/mol. The molecule has 0 aliphatic rings. The second-order valence-corrected chi connectivity index (χ2v) is 4.89. The molecule has 0 fully saturated rings. The molecule has 0 radical (unpaired) electrons. The van der Waals surface area contributed by atoms with Crippen molar-refractivity contribution >= 4 is 11.4 Å². The fraction of sp³-hybridized carbons (Fsp3) is 0.250. The predicted octanol–water partition coefficient (Wildman–Crippen LogP) is 3.10. The number of nitro benzene ring substituents is 1. The molecule has 5 heteroatoms. The molecule has 0 heterocycles. The number of non-ortho nitro benzene ring substituents is 1. The highest BCUT2D eigenvalue weighted by Crippen LogP contribution is 2.14. The van der Waals surface area contributed by atoms with Crippen molar-refractivity contribution in [1.29, 1.82) is 0 Å². The van der Waals surface area contributed by atoms with Gasteiger partial charge in [-0.25, -0.2) is 0 Å². The van der Waals surface area contributed by atoms with Gasteiger partial charge in [-0.2, -0.15) is 0 Å². The van der Waals surface area contributed by atoms with Crippen LogP contribution in [0.3, 0.4) is 0 Å². The number of aryl methyl sites for hydroxylation is 1. The van der Waals surface area contributed by atoms with E-state index in [1.165, 1.54) is 23.3 Å². The van der Waals surface area contributed by atoms with E-state index in [0.29, 0.717) is 0 Å². The Morgan fingerprint density at radius 1 is 1.00 bits per heavy atom. The zero-order valence-electron chi connectivity index (χ0n) is 12.0. The van der Waals surface area contributed by atoms with Crippen LogP contribution in [0.1, 0.15) is 11.1 Å². The average Bonchev–Trinajstić information content (AvgIpc) is 2.49. The van der Waals surface area contributed by atoms with Gasteiger partial charge in [0.25, 0.3) is 5.69 Å². The topological polar surface area (TPSA) is 67.2 Å². The van der Waals surface area contributed by atoms with Gasteiger partial charge >= 0.3 is 0 Å². The summed E-state index contributed by atoms with van der Waals surface area (Å²) < 4.78 is 0. The van der Waals surface area contributed by atoms with Crippen LogP contribution in [-0.4, -0.2) is 18.0 Å². The molecule has 0 bridgehead atoms. The van der Waals surface area contributed by atoms with Gasteiger partial charge in [0.2, 0.25) is 0 Å². The quantitative estimate of drug-likeness (QED) is 0.466. The Bertz CT molecular complexity index is 579. The number of hydrogen-bond donors (Lipinski definition) is 2. The van der Waals surface area contributed by atoms with Gasteiger partial charge in [-0.15, -0.1) is 0 Å². The number of nitrogens with one attached hydrogen (secondary N) is 2. The monoisotopic (exact) mass is 285 g/mol. The minimum atomic E-state index is -0.396. The van der Waals surface area contributed by atoms with Crippen molar-refractivity contribution in [2.24, 2.45) is 0 Å². The van der Waals surface area contributed by atoms with E-state index < -0.39 is 4.92 Å². The van der Waals surface area contributed by atoms with E-state index in [2.05, 4.69) is 41.8 Å². The Hall–Kier alpha value is -2.40. The average molecular weight is 285 g/mol. The van der Waals surface area contributed by atoms with Crippen molar-refractivity contribution in [3.05, 3.63) is 69.8 Å². The minimum Gasteiger partial charge on any atom is -0.384 e. The van der Waals surface area contributed by atoms with E-state index in [9.17, 15) is 10.1 Å². The van der Waals surface area contributed by atoms with Gasteiger partial charge in [0.1, 0.15) is 0 Å². The van der Waals surface area contributed by atoms with E-state index in [0.717, 1.165) is 25.3 Å². The van der Waals surface area contributed by atoms with Crippen LogP contribution in [0.4, 0.5) is 11.4 Å². The Morgan fingerprint density at radius 2 is 1.67 bits per heavy atom. The number of nitrogens with zero attached hydrogens (tertiary/aromatic N) is 1. The molecule has 0 spiro atoms. The van der Waals surface area contributed by atoms with Crippen molar-refractivity contribution in [3.8, 4) is 0 Å². The van der Waals surface area contributed by atoms with Crippen LogP contribution >= 0.6 is 0 Å². The van der Waals surface area contributed by atoms with Gasteiger partial charge in [0, 0.05) is 37.5 Å². The third-order valence-electron chi connectivity index (χ3n) is 3.16. The first-order chi connectivity index (χ1) is 10.1. The molecular formula is C16H19N3O2. The fourth-order valence-electron chi connectivity index (χ4n) is 1.93. The lowest BCUT2D eigenvalue weighted by Crippen LogP contribution is -2.21. The van der Waals surface area contributed by atoms with Gasteiger partial charge in [0.05, 0.1) is 4.92 Å². The van der Waals surface area contributed by atoms with E-state index >= 15 is 0 Å². The van der Waals surface area contributed by atoms with Crippen molar-refractivity contribution in [2.45, 2.75) is 13.5 Å². The van der Waals surface area contributed by atoms with Crippen LogP contribution in [0.5, 0.6) is 0 Å². The van der Waals surface area contributed by atoms with Crippen LogP contribution in [0.2, 0.25) is 0 Å². The molecule has 2 aromatic rings. The second-order valence-electron chi connectivity index (χ2n) is 4.89. The highest BCUT2D eigenvalue weighted by Gasteiger charge is 2.03. The summed E-state index contributed by atoms with van der Waals surface area (Å²) in [6.45, 7) is 4.50. The van der Waals surface area contributed by atoms with Crippen LogP contribution in [0.25, 0.3) is 0 Å². The van der Waals surface area contributed by atoms with Crippen LogP contribution in [-0.2, 0) is 6.54 Å². The van der Waals surface area contributed by atoms with E-state index in [1.807, 2.05) is 0 Å². The molecule has 0 saturated carbocycles. The van der Waals surface area contributed by atoms with Crippen molar-refractivity contribution in [3.63, 3.8) is 0 Å². The van der Waals surface area contributed by atoms with Gasteiger partial charge in [0.15, 0.2) is 0 Å².